The highest BCUT2D eigenvalue weighted by Crippen LogP contribution is 2.30. The van der Waals surface area contributed by atoms with Gasteiger partial charge < -0.3 is 9.64 Å². The number of benzene rings is 1. The second-order valence-electron chi connectivity index (χ2n) is 4.00. The zero-order valence-corrected chi connectivity index (χ0v) is 10.2. The number of carbonyl (C=O) groups excluding carboxylic acids is 1. The fourth-order valence-electron chi connectivity index (χ4n) is 1.90. The van der Waals surface area contributed by atoms with Gasteiger partial charge in [0, 0.05) is 13.6 Å². The molecule has 0 aliphatic carbocycles. The summed E-state index contributed by atoms with van der Waals surface area (Å²) in [6.07, 6.45) is 1.28. The zero-order chi connectivity index (χ0) is 11.7. The van der Waals surface area contributed by atoms with Crippen LogP contribution < -0.4 is 4.74 Å². The fourth-order valence-corrected chi connectivity index (χ4v) is 2.16. The third kappa shape index (κ3) is 2.00. The Bertz CT molecular complexity index is 431. The van der Waals surface area contributed by atoms with Crippen LogP contribution in [0.4, 0.5) is 0 Å². The van der Waals surface area contributed by atoms with Gasteiger partial charge in [0.2, 0.25) is 5.91 Å². The molecule has 0 atom stereocenters. The molecule has 1 heterocycles. The van der Waals surface area contributed by atoms with Crippen LogP contribution in [0, 0.1) is 0 Å². The summed E-state index contributed by atoms with van der Waals surface area (Å²) in [4.78, 5) is 13.5. The van der Waals surface area contributed by atoms with Gasteiger partial charge >= 0.3 is 0 Å². The Kier molecular flexibility index (Phi) is 3.06. The molecule has 0 aromatic heterocycles. The largest absolute Gasteiger partial charge is 0.495 e. The molecule has 0 spiro atoms. The lowest BCUT2D eigenvalue weighted by Crippen LogP contribution is -2.27. The van der Waals surface area contributed by atoms with Gasteiger partial charge in [0.05, 0.1) is 18.6 Å². The second kappa shape index (κ2) is 4.34. The monoisotopic (exact) mass is 239 g/mol. The number of fused-ring (bicyclic) bond motifs is 1. The molecule has 0 unspecified atom stereocenters. The molecule has 86 valence electrons. The summed E-state index contributed by atoms with van der Waals surface area (Å²) in [5, 5.41) is 0.609. The summed E-state index contributed by atoms with van der Waals surface area (Å²) in [6.45, 7) is 0.745. The molecule has 1 amide bonds. The molecule has 0 saturated carbocycles. The van der Waals surface area contributed by atoms with Gasteiger partial charge in [-0.1, -0.05) is 11.6 Å². The van der Waals surface area contributed by atoms with Crippen molar-refractivity contribution in [2.75, 3.05) is 20.7 Å². The predicted octanol–water partition coefficient (Wildman–Crippen LogP) is 1.91. The van der Waals surface area contributed by atoms with E-state index in [4.69, 9.17) is 16.3 Å². The Labute approximate surface area is 100.0 Å². The molecule has 0 radical (unpaired) electrons. The highest BCUT2D eigenvalue weighted by Gasteiger charge is 2.19. The van der Waals surface area contributed by atoms with E-state index in [1.54, 1.807) is 12.0 Å². The molecule has 2 rings (SSSR count). The summed E-state index contributed by atoms with van der Waals surface area (Å²) >= 11 is 6.06. The van der Waals surface area contributed by atoms with Crippen LogP contribution in [0.2, 0.25) is 5.02 Å². The molecule has 0 bridgehead atoms. The van der Waals surface area contributed by atoms with Crippen molar-refractivity contribution < 1.29 is 9.53 Å². The highest BCUT2D eigenvalue weighted by molar-refractivity contribution is 6.32. The van der Waals surface area contributed by atoms with Crippen LogP contribution in [0.5, 0.6) is 5.75 Å². The summed E-state index contributed by atoms with van der Waals surface area (Å²) in [6, 6.07) is 3.77. The van der Waals surface area contributed by atoms with E-state index in [2.05, 4.69) is 0 Å². The molecule has 1 aliphatic rings. The third-order valence-corrected chi connectivity index (χ3v) is 3.25. The minimum absolute atomic E-state index is 0.142. The minimum atomic E-state index is 0.142. The van der Waals surface area contributed by atoms with Crippen molar-refractivity contribution in [3.63, 3.8) is 0 Å². The summed E-state index contributed by atoms with van der Waals surface area (Å²) < 4.78 is 5.16. The number of hydrogen-bond acceptors (Lipinski definition) is 2. The Morgan fingerprint density at radius 1 is 1.38 bits per heavy atom. The van der Waals surface area contributed by atoms with Crippen molar-refractivity contribution in [1.29, 1.82) is 0 Å². The van der Waals surface area contributed by atoms with Crippen LogP contribution in [0.15, 0.2) is 12.1 Å². The number of halogens is 1. The summed E-state index contributed by atoms with van der Waals surface area (Å²) in [5.74, 6) is 0.779. The molecule has 1 aromatic carbocycles. The van der Waals surface area contributed by atoms with Gasteiger partial charge in [-0.25, -0.2) is 0 Å². The van der Waals surface area contributed by atoms with E-state index in [1.807, 2.05) is 19.2 Å². The molecule has 0 fully saturated rings. The van der Waals surface area contributed by atoms with Crippen LogP contribution in [0.1, 0.15) is 11.1 Å². The summed E-state index contributed by atoms with van der Waals surface area (Å²) in [7, 11) is 3.41. The first kappa shape index (κ1) is 11.3. The lowest BCUT2D eigenvalue weighted by molar-refractivity contribution is -0.128. The predicted molar refractivity (Wildman–Crippen MR) is 63.0 cm³/mol. The number of likely N-dealkylation sites (N-methyl/N-ethyl adjacent to an activating group) is 1. The number of amides is 1. The molecule has 3 nitrogen and oxygen atoms in total. The molecule has 0 saturated heterocycles. The van der Waals surface area contributed by atoms with Crippen LogP contribution in [0.3, 0.4) is 0 Å². The maximum absolute atomic E-state index is 11.7. The minimum Gasteiger partial charge on any atom is -0.495 e. The molecule has 4 heteroatoms. The topological polar surface area (TPSA) is 29.5 Å². The van der Waals surface area contributed by atoms with Crippen molar-refractivity contribution in [2.45, 2.75) is 12.8 Å². The second-order valence-corrected chi connectivity index (χ2v) is 4.40. The average Bonchev–Trinajstić information content (AvgIpc) is 2.39. The number of nitrogens with zero attached hydrogens (tertiary/aromatic N) is 1. The van der Waals surface area contributed by atoms with Crippen LogP contribution >= 0.6 is 11.6 Å². The molecule has 1 aromatic rings. The average molecular weight is 240 g/mol. The quantitative estimate of drug-likeness (QED) is 0.749. The van der Waals surface area contributed by atoms with Gasteiger partial charge in [-0.2, -0.15) is 0 Å². The first-order valence-corrected chi connectivity index (χ1v) is 5.59. The maximum Gasteiger partial charge on any atom is 0.226 e. The third-order valence-electron chi connectivity index (χ3n) is 2.96. The Hall–Kier alpha value is -1.22. The van der Waals surface area contributed by atoms with E-state index in [-0.39, 0.29) is 5.91 Å². The smallest absolute Gasteiger partial charge is 0.226 e. The van der Waals surface area contributed by atoms with Gasteiger partial charge in [-0.15, -0.1) is 0 Å². The van der Waals surface area contributed by atoms with Crippen molar-refractivity contribution in [3.8, 4) is 5.75 Å². The van der Waals surface area contributed by atoms with Gasteiger partial charge in [0.15, 0.2) is 0 Å². The Balaban J connectivity index is 2.42. The van der Waals surface area contributed by atoms with Crippen molar-refractivity contribution in [2.24, 2.45) is 0 Å². The van der Waals surface area contributed by atoms with Crippen molar-refractivity contribution in [1.82, 2.24) is 4.90 Å². The molecule has 1 aliphatic heterocycles. The highest BCUT2D eigenvalue weighted by atomic mass is 35.5. The van der Waals surface area contributed by atoms with Crippen molar-refractivity contribution >= 4 is 17.5 Å². The van der Waals surface area contributed by atoms with Crippen molar-refractivity contribution in [3.05, 3.63) is 28.3 Å². The molecule has 16 heavy (non-hydrogen) atoms. The zero-order valence-electron chi connectivity index (χ0n) is 9.42. The number of ether oxygens (including phenoxy) is 1. The van der Waals surface area contributed by atoms with Gasteiger partial charge in [0.25, 0.3) is 0 Å². The molecular weight excluding hydrogens is 226 g/mol. The molecular formula is C12H14ClNO2. The Morgan fingerprint density at radius 2 is 2.12 bits per heavy atom. The van der Waals surface area contributed by atoms with E-state index >= 15 is 0 Å². The first-order valence-electron chi connectivity index (χ1n) is 5.21. The van der Waals surface area contributed by atoms with Crippen LogP contribution in [0.25, 0.3) is 0 Å². The lowest BCUT2D eigenvalue weighted by atomic mass is 10.0. The van der Waals surface area contributed by atoms with E-state index in [1.165, 1.54) is 0 Å². The normalized spacial score (nSPS) is 15.7. The number of carbonyl (C=O) groups is 1. The van der Waals surface area contributed by atoms with Crippen LogP contribution in [-0.2, 0) is 17.6 Å². The number of methoxy groups -OCH3 is 1. The summed E-state index contributed by atoms with van der Waals surface area (Å²) in [5.41, 5.74) is 2.17. The van der Waals surface area contributed by atoms with Gasteiger partial charge in [-0.05, 0) is 29.7 Å². The first-order chi connectivity index (χ1) is 7.61. The molecule has 0 N–H and O–H groups in total. The van der Waals surface area contributed by atoms with Gasteiger partial charge in [0.1, 0.15) is 5.75 Å². The van der Waals surface area contributed by atoms with E-state index in [9.17, 15) is 4.79 Å². The SMILES string of the molecule is COc1cc2c(cc1Cl)CCN(C)C(=O)C2. The van der Waals surface area contributed by atoms with E-state index in [0.717, 1.165) is 24.1 Å². The van der Waals surface area contributed by atoms with E-state index < -0.39 is 0 Å². The van der Waals surface area contributed by atoms with E-state index in [0.29, 0.717) is 17.2 Å². The maximum atomic E-state index is 11.7. The van der Waals surface area contributed by atoms with Crippen LogP contribution in [-0.4, -0.2) is 31.5 Å². The number of hydrogen-bond donors (Lipinski definition) is 0. The number of rotatable bonds is 1. The lowest BCUT2D eigenvalue weighted by Gasteiger charge is -2.12. The van der Waals surface area contributed by atoms with Gasteiger partial charge in [-0.3, -0.25) is 4.79 Å². The standard InChI is InChI=1S/C12H14ClNO2/c1-14-4-3-8-5-10(13)11(16-2)6-9(8)7-12(14)15/h5-6H,3-4,7H2,1-2H3. The fraction of sp³-hybridized carbons (Fsp3) is 0.417. The Morgan fingerprint density at radius 3 is 2.81 bits per heavy atom.